The van der Waals surface area contributed by atoms with Crippen molar-refractivity contribution in [1.29, 1.82) is 0 Å². The lowest BCUT2D eigenvalue weighted by Gasteiger charge is -2.13. The van der Waals surface area contributed by atoms with Crippen molar-refractivity contribution in [3.05, 3.63) is 65.0 Å². The number of aliphatic hydroxyl groups excluding tert-OH is 1. The minimum Gasteiger partial charge on any atom is -0.399 e. The van der Waals surface area contributed by atoms with Crippen LogP contribution < -0.4 is 5.73 Å². The second kappa shape index (κ2) is 5.19. The van der Waals surface area contributed by atoms with Crippen molar-refractivity contribution in [2.45, 2.75) is 19.4 Å². The van der Waals surface area contributed by atoms with Gasteiger partial charge < -0.3 is 10.8 Å². The fraction of sp³-hybridized carbons (Fsp3) is 0.200. The lowest BCUT2D eigenvalue weighted by molar-refractivity contribution is 0.178. The molecule has 0 aromatic heterocycles. The van der Waals surface area contributed by atoms with Gasteiger partial charge in [0.05, 0.1) is 6.10 Å². The molecule has 0 radical (unpaired) electrons. The average Bonchev–Trinajstić information content (AvgIpc) is 2.33. The summed E-state index contributed by atoms with van der Waals surface area (Å²) in [5.41, 5.74) is 8.88. The Labute approximate surface area is 106 Å². The van der Waals surface area contributed by atoms with Gasteiger partial charge in [0.1, 0.15) is 5.82 Å². The van der Waals surface area contributed by atoms with E-state index in [1.807, 2.05) is 6.92 Å². The predicted molar refractivity (Wildman–Crippen MR) is 70.7 cm³/mol. The van der Waals surface area contributed by atoms with Crippen molar-refractivity contribution in [1.82, 2.24) is 0 Å². The van der Waals surface area contributed by atoms with E-state index in [1.165, 1.54) is 12.1 Å². The molecule has 0 aliphatic heterocycles. The molecular formula is C15H16FNO. The van der Waals surface area contributed by atoms with Crippen LogP contribution >= 0.6 is 0 Å². The van der Waals surface area contributed by atoms with Gasteiger partial charge >= 0.3 is 0 Å². The first-order valence-corrected chi connectivity index (χ1v) is 5.85. The summed E-state index contributed by atoms with van der Waals surface area (Å²) in [4.78, 5) is 0. The Balaban J connectivity index is 2.15. The van der Waals surface area contributed by atoms with Crippen LogP contribution in [0.4, 0.5) is 10.1 Å². The summed E-state index contributed by atoms with van der Waals surface area (Å²) in [7, 11) is 0. The molecule has 0 aliphatic carbocycles. The first-order valence-electron chi connectivity index (χ1n) is 5.85. The van der Waals surface area contributed by atoms with Crippen LogP contribution in [-0.4, -0.2) is 5.11 Å². The highest BCUT2D eigenvalue weighted by Crippen LogP contribution is 2.21. The van der Waals surface area contributed by atoms with Crippen molar-refractivity contribution >= 4 is 5.69 Å². The highest BCUT2D eigenvalue weighted by molar-refractivity contribution is 5.40. The van der Waals surface area contributed by atoms with Gasteiger partial charge in [-0.15, -0.1) is 0 Å². The highest BCUT2D eigenvalue weighted by atomic mass is 19.1. The van der Waals surface area contributed by atoms with Crippen molar-refractivity contribution in [2.75, 3.05) is 5.73 Å². The second-order valence-electron chi connectivity index (χ2n) is 4.46. The molecule has 0 saturated carbocycles. The number of hydrogen-bond acceptors (Lipinski definition) is 2. The molecule has 0 spiro atoms. The molecule has 0 fully saturated rings. The van der Waals surface area contributed by atoms with Gasteiger partial charge in [0.2, 0.25) is 0 Å². The van der Waals surface area contributed by atoms with Gasteiger partial charge in [-0.3, -0.25) is 0 Å². The Morgan fingerprint density at radius 3 is 2.44 bits per heavy atom. The van der Waals surface area contributed by atoms with Crippen LogP contribution in [0, 0.1) is 12.7 Å². The number of halogens is 1. The number of nitrogens with two attached hydrogens (primary N) is 1. The third kappa shape index (κ3) is 2.87. The van der Waals surface area contributed by atoms with E-state index < -0.39 is 6.10 Å². The maximum Gasteiger partial charge on any atom is 0.123 e. The normalized spacial score (nSPS) is 12.4. The lowest BCUT2D eigenvalue weighted by atomic mass is 9.98. The molecule has 0 bridgehead atoms. The van der Waals surface area contributed by atoms with Crippen LogP contribution in [0.3, 0.4) is 0 Å². The largest absolute Gasteiger partial charge is 0.399 e. The Bertz CT molecular complexity index is 537. The Morgan fingerprint density at radius 1 is 1.17 bits per heavy atom. The number of aliphatic hydroxyl groups is 1. The fourth-order valence-corrected chi connectivity index (χ4v) is 1.93. The van der Waals surface area contributed by atoms with Crippen molar-refractivity contribution < 1.29 is 9.50 Å². The van der Waals surface area contributed by atoms with Crippen molar-refractivity contribution in [3.8, 4) is 0 Å². The molecule has 2 rings (SSSR count). The van der Waals surface area contributed by atoms with E-state index in [2.05, 4.69) is 0 Å². The number of aryl methyl sites for hydroxylation is 1. The smallest absolute Gasteiger partial charge is 0.123 e. The zero-order valence-electron chi connectivity index (χ0n) is 10.2. The highest BCUT2D eigenvalue weighted by Gasteiger charge is 2.10. The zero-order valence-corrected chi connectivity index (χ0v) is 10.2. The van der Waals surface area contributed by atoms with Gasteiger partial charge in [0, 0.05) is 12.1 Å². The van der Waals surface area contributed by atoms with Crippen LogP contribution in [0.2, 0.25) is 0 Å². The van der Waals surface area contributed by atoms with E-state index in [0.717, 1.165) is 16.7 Å². The van der Waals surface area contributed by atoms with Gasteiger partial charge in [-0.2, -0.15) is 0 Å². The summed E-state index contributed by atoms with van der Waals surface area (Å²) >= 11 is 0. The molecule has 1 atom stereocenters. The minimum absolute atomic E-state index is 0.252. The molecule has 18 heavy (non-hydrogen) atoms. The van der Waals surface area contributed by atoms with E-state index in [-0.39, 0.29) is 5.82 Å². The maximum atomic E-state index is 13.0. The first kappa shape index (κ1) is 12.6. The van der Waals surface area contributed by atoms with Crippen LogP contribution in [0.15, 0.2) is 42.5 Å². The third-order valence-electron chi connectivity index (χ3n) is 3.04. The predicted octanol–water partition coefficient (Wildman–Crippen LogP) is 2.99. The molecule has 1 unspecified atom stereocenters. The maximum absolute atomic E-state index is 13.0. The Morgan fingerprint density at radius 2 is 1.83 bits per heavy atom. The quantitative estimate of drug-likeness (QED) is 0.816. The van der Waals surface area contributed by atoms with E-state index in [0.29, 0.717) is 12.1 Å². The van der Waals surface area contributed by atoms with Gasteiger partial charge in [-0.25, -0.2) is 4.39 Å². The average molecular weight is 245 g/mol. The second-order valence-corrected chi connectivity index (χ2v) is 4.46. The topological polar surface area (TPSA) is 46.2 Å². The van der Waals surface area contributed by atoms with Crippen LogP contribution in [0.5, 0.6) is 0 Å². The summed E-state index contributed by atoms with van der Waals surface area (Å²) in [5.74, 6) is -0.252. The standard InChI is InChI=1S/C15H16FNO/c1-10-8-13(16)5-2-12(10)9-15(18)11-3-6-14(17)7-4-11/h2-8,15,18H,9,17H2,1H3. The number of anilines is 1. The molecular weight excluding hydrogens is 229 g/mol. The number of rotatable bonds is 3. The zero-order chi connectivity index (χ0) is 13.1. The molecule has 2 nitrogen and oxygen atoms in total. The molecule has 0 amide bonds. The van der Waals surface area contributed by atoms with Crippen LogP contribution in [-0.2, 0) is 6.42 Å². The number of benzene rings is 2. The molecule has 0 saturated heterocycles. The number of nitrogen functional groups attached to an aromatic ring is 1. The monoisotopic (exact) mass is 245 g/mol. The number of hydrogen-bond donors (Lipinski definition) is 2. The van der Waals surface area contributed by atoms with Gasteiger partial charge in [0.25, 0.3) is 0 Å². The summed E-state index contributed by atoms with van der Waals surface area (Å²) in [6.07, 6.45) is -0.134. The van der Waals surface area contributed by atoms with Crippen LogP contribution in [0.25, 0.3) is 0 Å². The Kier molecular flexibility index (Phi) is 3.63. The SMILES string of the molecule is Cc1cc(F)ccc1CC(O)c1ccc(N)cc1. The van der Waals surface area contributed by atoms with Crippen molar-refractivity contribution in [3.63, 3.8) is 0 Å². The summed E-state index contributed by atoms with van der Waals surface area (Å²) in [5, 5.41) is 10.1. The third-order valence-corrected chi connectivity index (χ3v) is 3.04. The molecule has 0 heterocycles. The van der Waals surface area contributed by atoms with Gasteiger partial charge in [-0.05, 0) is 47.9 Å². The fourth-order valence-electron chi connectivity index (χ4n) is 1.93. The summed E-state index contributed by atoms with van der Waals surface area (Å²) in [6, 6.07) is 11.7. The van der Waals surface area contributed by atoms with Crippen LogP contribution in [0.1, 0.15) is 22.8 Å². The summed E-state index contributed by atoms with van der Waals surface area (Å²) in [6.45, 7) is 1.84. The molecule has 94 valence electrons. The van der Waals surface area contributed by atoms with Crippen molar-refractivity contribution in [2.24, 2.45) is 0 Å². The van der Waals surface area contributed by atoms with E-state index in [1.54, 1.807) is 30.3 Å². The first-order chi connectivity index (χ1) is 8.56. The Hall–Kier alpha value is -1.87. The lowest BCUT2D eigenvalue weighted by Crippen LogP contribution is -2.03. The van der Waals surface area contributed by atoms with E-state index in [9.17, 15) is 9.50 Å². The summed E-state index contributed by atoms with van der Waals surface area (Å²) < 4.78 is 13.0. The molecule has 3 heteroatoms. The van der Waals surface area contributed by atoms with E-state index >= 15 is 0 Å². The van der Waals surface area contributed by atoms with E-state index in [4.69, 9.17) is 5.73 Å². The molecule has 0 aliphatic rings. The van der Waals surface area contributed by atoms with Gasteiger partial charge in [0.15, 0.2) is 0 Å². The minimum atomic E-state index is -0.602. The molecule has 2 aromatic rings. The molecule has 3 N–H and O–H groups in total. The molecule has 2 aromatic carbocycles. The van der Waals surface area contributed by atoms with Gasteiger partial charge in [-0.1, -0.05) is 18.2 Å².